The number of aromatic nitrogens is 1. The second kappa shape index (κ2) is 6.80. The van der Waals surface area contributed by atoms with Crippen molar-refractivity contribution in [3.8, 4) is 0 Å². The molecule has 2 N–H and O–H groups in total. The third kappa shape index (κ3) is 3.62. The van der Waals surface area contributed by atoms with E-state index in [4.69, 9.17) is 5.73 Å². The molecule has 0 aliphatic heterocycles. The van der Waals surface area contributed by atoms with Crippen LogP contribution in [-0.4, -0.2) is 23.0 Å². The molecule has 3 nitrogen and oxygen atoms in total. The third-order valence-electron chi connectivity index (χ3n) is 3.39. The van der Waals surface area contributed by atoms with Crippen molar-refractivity contribution in [2.24, 2.45) is 5.73 Å². The average molecular weight is 275 g/mol. The summed E-state index contributed by atoms with van der Waals surface area (Å²) in [5.41, 5.74) is 8.84. The molecule has 2 aromatic heterocycles. The van der Waals surface area contributed by atoms with E-state index >= 15 is 0 Å². The number of likely N-dealkylation sites (N-methyl/N-ethyl adjacent to an activating group) is 1. The first-order valence-corrected chi connectivity index (χ1v) is 7.53. The van der Waals surface area contributed by atoms with E-state index in [1.165, 1.54) is 11.1 Å². The first-order valence-electron chi connectivity index (χ1n) is 6.59. The number of hydrogen-bond donors (Lipinski definition) is 1. The molecule has 0 aliphatic carbocycles. The highest BCUT2D eigenvalue weighted by molar-refractivity contribution is 7.07. The highest BCUT2D eigenvalue weighted by Gasteiger charge is 2.23. The van der Waals surface area contributed by atoms with Crippen LogP contribution in [0.4, 0.5) is 0 Å². The third-order valence-corrected chi connectivity index (χ3v) is 4.09. The summed E-state index contributed by atoms with van der Waals surface area (Å²) in [7, 11) is 2.13. The molecule has 2 atom stereocenters. The minimum absolute atomic E-state index is 0.149. The fourth-order valence-corrected chi connectivity index (χ4v) is 3.06. The molecule has 0 fully saturated rings. The van der Waals surface area contributed by atoms with Crippen LogP contribution in [0.1, 0.15) is 30.5 Å². The highest BCUT2D eigenvalue weighted by Crippen LogP contribution is 2.27. The van der Waals surface area contributed by atoms with E-state index in [0.29, 0.717) is 0 Å². The molecule has 19 heavy (non-hydrogen) atoms. The van der Waals surface area contributed by atoms with Crippen molar-refractivity contribution in [3.63, 3.8) is 0 Å². The number of pyridine rings is 1. The molecule has 102 valence electrons. The van der Waals surface area contributed by atoms with Crippen LogP contribution < -0.4 is 5.73 Å². The second-order valence-electron chi connectivity index (χ2n) is 4.85. The van der Waals surface area contributed by atoms with Crippen molar-refractivity contribution in [2.75, 3.05) is 7.05 Å². The van der Waals surface area contributed by atoms with Crippen LogP contribution in [0.3, 0.4) is 0 Å². The van der Waals surface area contributed by atoms with Crippen molar-refractivity contribution in [1.82, 2.24) is 9.88 Å². The Morgan fingerprint density at radius 2 is 2.26 bits per heavy atom. The number of hydrogen-bond acceptors (Lipinski definition) is 4. The summed E-state index contributed by atoms with van der Waals surface area (Å²) < 4.78 is 0. The molecule has 0 saturated carbocycles. The lowest BCUT2D eigenvalue weighted by atomic mass is 9.99. The van der Waals surface area contributed by atoms with Gasteiger partial charge in [0.05, 0.1) is 6.04 Å². The Bertz CT molecular complexity index is 469. The van der Waals surface area contributed by atoms with E-state index in [1.54, 1.807) is 17.5 Å². The van der Waals surface area contributed by atoms with Gasteiger partial charge in [0.25, 0.3) is 0 Å². The predicted molar refractivity (Wildman–Crippen MR) is 81.0 cm³/mol. The Labute approximate surface area is 119 Å². The second-order valence-corrected chi connectivity index (χ2v) is 5.63. The van der Waals surface area contributed by atoms with Crippen LogP contribution in [0, 0.1) is 0 Å². The zero-order valence-electron chi connectivity index (χ0n) is 11.5. The van der Waals surface area contributed by atoms with E-state index < -0.39 is 0 Å². The fraction of sp³-hybridized carbons (Fsp3) is 0.400. The molecule has 0 radical (unpaired) electrons. The lowest BCUT2D eigenvalue weighted by molar-refractivity contribution is 0.202. The van der Waals surface area contributed by atoms with Crippen LogP contribution in [0.15, 0.2) is 41.4 Å². The van der Waals surface area contributed by atoms with Gasteiger partial charge in [-0.1, -0.05) is 13.0 Å². The molecule has 0 bridgehead atoms. The lowest BCUT2D eigenvalue weighted by Gasteiger charge is -2.32. The summed E-state index contributed by atoms with van der Waals surface area (Å²) in [5, 5.41) is 4.31. The van der Waals surface area contributed by atoms with Crippen molar-refractivity contribution in [2.45, 2.75) is 32.0 Å². The van der Waals surface area contributed by atoms with Gasteiger partial charge in [0, 0.05) is 25.0 Å². The Morgan fingerprint density at radius 1 is 1.42 bits per heavy atom. The van der Waals surface area contributed by atoms with Gasteiger partial charge in [-0.05, 0) is 47.5 Å². The van der Waals surface area contributed by atoms with Gasteiger partial charge in [-0.25, -0.2) is 0 Å². The van der Waals surface area contributed by atoms with Gasteiger partial charge in [-0.3, -0.25) is 9.88 Å². The van der Waals surface area contributed by atoms with Crippen molar-refractivity contribution in [1.29, 1.82) is 0 Å². The predicted octanol–water partition coefficient (Wildman–Crippen LogP) is 3.05. The standard InChI is InChI=1S/C15H21N3S/c1-3-14(16)15(13-6-8-19-11-13)18(2)10-12-5-4-7-17-9-12/h4-9,11,14-15H,3,10,16H2,1-2H3. The summed E-state index contributed by atoms with van der Waals surface area (Å²) in [6.45, 7) is 3.00. The summed E-state index contributed by atoms with van der Waals surface area (Å²) in [5.74, 6) is 0. The molecule has 2 heterocycles. The minimum Gasteiger partial charge on any atom is -0.326 e. The van der Waals surface area contributed by atoms with E-state index in [9.17, 15) is 0 Å². The molecule has 0 spiro atoms. The summed E-state index contributed by atoms with van der Waals surface area (Å²) in [6, 6.07) is 6.66. The van der Waals surface area contributed by atoms with Crippen LogP contribution in [-0.2, 0) is 6.54 Å². The Balaban J connectivity index is 2.14. The Hall–Kier alpha value is -1.23. The van der Waals surface area contributed by atoms with E-state index in [-0.39, 0.29) is 12.1 Å². The SMILES string of the molecule is CCC(N)C(c1ccsc1)N(C)Cc1cccnc1. The lowest BCUT2D eigenvalue weighted by Crippen LogP contribution is -2.38. The molecule has 2 unspecified atom stereocenters. The van der Waals surface area contributed by atoms with Gasteiger partial charge in [0.15, 0.2) is 0 Å². The van der Waals surface area contributed by atoms with Crippen LogP contribution >= 0.6 is 11.3 Å². The zero-order valence-corrected chi connectivity index (χ0v) is 12.3. The normalized spacial score (nSPS) is 14.5. The van der Waals surface area contributed by atoms with E-state index in [2.05, 4.69) is 46.7 Å². The van der Waals surface area contributed by atoms with Crippen LogP contribution in [0.5, 0.6) is 0 Å². The fourth-order valence-electron chi connectivity index (χ4n) is 2.37. The Morgan fingerprint density at radius 3 is 2.84 bits per heavy atom. The maximum absolute atomic E-state index is 6.31. The van der Waals surface area contributed by atoms with Crippen molar-refractivity contribution >= 4 is 11.3 Å². The van der Waals surface area contributed by atoms with Gasteiger partial charge >= 0.3 is 0 Å². The molecule has 4 heteroatoms. The van der Waals surface area contributed by atoms with Gasteiger partial charge < -0.3 is 5.73 Å². The number of thiophene rings is 1. The number of nitrogens with two attached hydrogens (primary N) is 1. The molecule has 0 saturated heterocycles. The van der Waals surface area contributed by atoms with Crippen LogP contribution in [0.2, 0.25) is 0 Å². The van der Waals surface area contributed by atoms with Crippen LogP contribution in [0.25, 0.3) is 0 Å². The first-order chi connectivity index (χ1) is 9.22. The van der Waals surface area contributed by atoms with Gasteiger partial charge in [0.1, 0.15) is 0 Å². The molecule has 0 aliphatic rings. The maximum atomic E-state index is 6.31. The molecule has 0 amide bonds. The number of nitrogens with zero attached hydrogens (tertiary/aromatic N) is 2. The molecule has 2 aromatic rings. The summed E-state index contributed by atoms with van der Waals surface area (Å²) in [4.78, 5) is 6.48. The van der Waals surface area contributed by atoms with Gasteiger partial charge in [-0.2, -0.15) is 11.3 Å². The van der Waals surface area contributed by atoms with Gasteiger partial charge in [-0.15, -0.1) is 0 Å². The van der Waals surface area contributed by atoms with Gasteiger partial charge in [0.2, 0.25) is 0 Å². The van der Waals surface area contributed by atoms with Crippen molar-refractivity contribution < 1.29 is 0 Å². The Kier molecular flexibility index (Phi) is 5.07. The summed E-state index contributed by atoms with van der Waals surface area (Å²) in [6.07, 6.45) is 4.69. The van der Waals surface area contributed by atoms with E-state index in [0.717, 1.165) is 13.0 Å². The average Bonchev–Trinajstić information content (AvgIpc) is 2.93. The van der Waals surface area contributed by atoms with E-state index in [1.807, 2.05) is 12.3 Å². The molecular weight excluding hydrogens is 254 g/mol. The first kappa shape index (κ1) is 14.2. The zero-order chi connectivity index (χ0) is 13.7. The largest absolute Gasteiger partial charge is 0.326 e. The molecule has 0 aromatic carbocycles. The molecule has 2 rings (SSSR count). The van der Waals surface area contributed by atoms with Crippen molar-refractivity contribution in [3.05, 3.63) is 52.5 Å². The topological polar surface area (TPSA) is 42.1 Å². The monoisotopic (exact) mass is 275 g/mol. The quantitative estimate of drug-likeness (QED) is 0.881. The maximum Gasteiger partial charge on any atom is 0.0507 e. The smallest absolute Gasteiger partial charge is 0.0507 e. The number of rotatable bonds is 6. The summed E-state index contributed by atoms with van der Waals surface area (Å²) >= 11 is 1.72. The highest BCUT2D eigenvalue weighted by atomic mass is 32.1. The molecular formula is C15H21N3S. The minimum atomic E-state index is 0.149.